The number of benzene rings is 1. The molecular formula is C23H26N4S. The summed E-state index contributed by atoms with van der Waals surface area (Å²) in [6.45, 7) is 7.41. The maximum absolute atomic E-state index is 5.71. The normalized spacial score (nSPS) is 19.1. The Morgan fingerprint density at radius 1 is 1.07 bits per heavy atom. The van der Waals surface area contributed by atoms with Crippen molar-refractivity contribution in [1.82, 2.24) is 19.8 Å². The van der Waals surface area contributed by atoms with E-state index in [9.17, 15) is 0 Å². The molecule has 1 aliphatic heterocycles. The zero-order chi connectivity index (χ0) is 19.7. The van der Waals surface area contributed by atoms with Crippen LogP contribution < -0.4 is 5.32 Å². The van der Waals surface area contributed by atoms with Gasteiger partial charge in [-0.1, -0.05) is 19.1 Å². The predicted molar refractivity (Wildman–Crippen MR) is 118 cm³/mol. The third kappa shape index (κ3) is 3.31. The number of hydrogen-bond donors (Lipinski definition) is 1. The maximum atomic E-state index is 5.71. The molecule has 0 bridgehead atoms. The van der Waals surface area contributed by atoms with E-state index in [1.165, 1.54) is 22.5 Å². The van der Waals surface area contributed by atoms with Gasteiger partial charge in [-0.3, -0.25) is 4.98 Å². The van der Waals surface area contributed by atoms with Crippen LogP contribution in [0.3, 0.4) is 0 Å². The van der Waals surface area contributed by atoms with Gasteiger partial charge in [-0.2, -0.15) is 0 Å². The van der Waals surface area contributed by atoms with E-state index in [0.29, 0.717) is 0 Å². The van der Waals surface area contributed by atoms with E-state index in [2.05, 4.69) is 83.1 Å². The zero-order valence-corrected chi connectivity index (χ0v) is 17.4. The molecule has 0 radical (unpaired) electrons. The topological polar surface area (TPSA) is 33.1 Å². The van der Waals surface area contributed by atoms with Gasteiger partial charge in [0.25, 0.3) is 0 Å². The van der Waals surface area contributed by atoms with E-state index in [4.69, 9.17) is 12.2 Å². The van der Waals surface area contributed by atoms with Crippen LogP contribution in [0.15, 0.2) is 60.9 Å². The second-order valence-electron chi connectivity index (χ2n) is 7.39. The van der Waals surface area contributed by atoms with Gasteiger partial charge in [-0.05, 0) is 80.0 Å². The first-order valence-electron chi connectivity index (χ1n) is 9.83. The molecule has 1 saturated heterocycles. The molecule has 2 atom stereocenters. The standard InChI is InChI=1S/C23H26N4S/c1-4-13-27-22(21(25-23(27)28)19-8-5-6-12-24-19)20-9-7-14-26(20)18-11-10-16(2)17(3)15-18/h5-12,14-15,21-22H,4,13H2,1-3H3,(H,25,28)/t21-,22-/m0/s1. The summed E-state index contributed by atoms with van der Waals surface area (Å²) < 4.78 is 2.28. The molecule has 4 nitrogen and oxygen atoms in total. The van der Waals surface area contributed by atoms with Crippen LogP contribution in [-0.2, 0) is 0 Å². The number of pyridine rings is 1. The van der Waals surface area contributed by atoms with Crippen molar-refractivity contribution in [3.8, 4) is 5.69 Å². The molecule has 1 aromatic carbocycles. The minimum absolute atomic E-state index is 0.0282. The highest BCUT2D eigenvalue weighted by Gasteiger charge is 2.40. The number of thiocarbonyl (C=S) groups is 1. The Hall–Kier alpha value is -2.66. The molecule has 1 aliphatic rings. The Morgan fingerprint density at radius 3 is 2.64 bits per heavy atom. The molecule has 0 amide bonds. The van der Waals surface area contributed by atoms with E-state index in [1.807, 2.05) is 18.3 Å². The summed E-state index contributed by atoms with van der Waals surface area (Å²) >= 11 is 5.71. The summed E-state index contributed by atoms with van der Waals surface area (Å²) in [7, 11) is 0. The van der Waals surface area contributed by atoms with Gasteiger partial charge >= 0.3 is 0 Å². The highest BCUT2D eigenvalue weighted by molar-refractivity contribution is 7.80. The smallest absolute Gasteiger partial charge is 0.170 e. The molecule has 3 aromatic rings. The SMILES string of the molecule is CCCN1C(=S)N[C@@H](c2ccccn2)[C@@H]1c1cccn1-c1ccc(C)c(C)c1. The Labute approximate surface area is 172 Å². The molecule has 5 heteroatoms. The molecular weight excluding hydrogens is 364 g/mol. The van der Waals surface area contributed by atoms with Crippen LogP contribution in [0.4, 0.5) is 0 Å². The number of rotatable bonds is 5. The van der Waals surface area contributed by atoms with Crippen LogP contribution in [0.2, 0.25) is 0 Å². The van der Waals surface area contributed by atoms with Crippen LogP contribution in [0, 0.1) is 13.8 Å². The second-order valence-corrected chi connectivity index (χ2v) is 7.78. The van der Waals surface area contributed by atoms with E-state index >= 15 is 0 Å². The molecule has 4 rings (SSSR count). The first-order chi connectivity index (χ1) is 13.6. The highest BCUT2D eigenvalue weighted by atomic mass is 32.1. The first kappa shape index (κ1) is 18.7. The minimum atomic E-state index is 0.0282. The fourth-order valence-corrected chi connectivity index (χ4v) is 4.29. The number of aromatic nitrogens is 2. The number of hydrogen-bond acceptors (Lipinski definition) is 2. The van der Waals surface area contributed by atoms with Gasteiger partial charge in [-0.25, -0.2) is 0 Å². The molecule has 0 aliphatic carbocycles. The molecule has 3 heterocycles. The molecule has 1 fully saturated rings. The van der Waals surface area contributed by atoms with Crippen molar-refractivity contribution >= 4 is 17.3 Å². The van der Waals surface area contributed by atoms with E-state index < -0.39 is 0 Å². The van der Waals surface area contributed by atoms with Crippen LogP contribution in [0.25, 0.3) is 5.69 Å². The molecule has 0 spiro atoms. The highest BCUT2D eigenvalue weighted by Crippen LogP contribution is 2.39. The lowest BCUT2D eigenvalue weighted by molar-refractivity contribution is 0.309. The lowest BCUT2D eigenvalue weighted by Gasteiger charge is -2.28. The summed E-state index contributed by atoms with van der Waals surface area (Å²) in [5, 5.41) is 4.33. The predicted octanol–water partition coefficient (Wildman–Crippen LogP) is 4.87. The van der Waals surface area contributed by atoms with Gasteiger partial charge in [-0.15, -0.1) is 0 Å². The zero-order valence-electron chi connectivity index (χ0n) is 16.6. The lowest BCUT2D eigenvalue weighted by atomic mass is 10.0. The minimum Gasteiger partial charge on any atom is -0.352 e. The van der Waals surface area contributed by atoms with Crippen molar-refractivity contribution in [2.75, 3.05) is 6.54 Å². The second kappa shape index (κ2) is 7.76. The maximum Gasteiger partial charge on any atom is 0.170 e. The van der Waals surface area contributed by atoms with E-state index in [0.717, 1.165) is 23.8 Å². The Balaban J connectivity index is 1.81. The average molecular weight is 391 g/mol. The molecule has 1 N–H and O–H groups in total. The Kier molecular flexibility index (Phi) is 5.18. The third-order valence-electron chi connectivity index (χ3n) is 5.51. The Morgan fingerprint density at radius 2 is 1.93 bits per heavy atom. The molecule has 28 heavy (non-hydrogen) atoms. The molecule has 144 valence electrons. The van der Waals surface area contributed by atoms with Crippen LogP contribution in [-0.4, -0.2) is 26.1 Å². The number of aryl methyl sites for hydroxylation is 2. The van der Waals surface area contributed by atoms with Crippen molar-refractivity contribution in [1.29, 1.82) is 0 Å². The molecule has 0 saturated carbocycles. The van der Waals surface area contributed by atoms with Crippen molar-refractivity contribution in [3.05, 3.63) is 83.4 Å². The van der Waals surface area contributed by atoms with Gasteiger partial charge < -0.3 is 14.8 Å². The van der Waals surface area contributed by atoms with E-state index in [1.54, 1.807) is 0 Å². The monoisotopic (exact) mass is 390 g/mol. The summed E-state index contributed by atoms with van der Waals surface area (Å²) in [5.41, 5.74) is 6.02. The average Bonchev–Trinajstić information content (AvgIpc) is 3.30. The quantitative estimate of drug-likeness (QED) is 0.630. The summed E-state index contributed by atoms with van der Waals surface area (Å²) in [4.78, 5) is 6.93. The van der Waals surface area contributed by atoms with E-state index in [-0.39, 0.29) is 12.1 Å². The number of nitrogens with zero attached hydrogens (tertiary/aromatic N) is 3. The van der Waals surface area contributed by atoms with Crippen LogP contribution >= 0.6 is 12.2 Å². The Bertz CT molecular complexity index is 979. The summed E-state index contributed by atoms with van der Waals surface area (Å²) in [6, 6.07) is 17.1. The van der Waals surface area contributed by atoms with Gasteiger partial charge in [0.1, 0.15) is 0 Å². The van der Waals surface area contributed by atoms with Crippen LogP contribution in [0.1, 0.15) is 47.9 Å². The third-order valence-corrected chi connectivity index (χ3v) is 5.87. The first-order valence-corrected chi connectivity index (χ1v) is 10.2. The van der Waals surface area contributed by atoms with Crippen molar-refractivity contribution < 1.29 is 0 Å². The summed E-state index contributed by atoms with van der Waals surface area (Å²) in [5.74, 6) is 0. The van der Waals surface area contributed by atoms with Crippen molar-refractivity contribution in [2.45, 2.75) is 39.3 Å². The van der Waals surface area contributed by atoms with Crippen molar-refractivity contribution in [3.63, 3.8) is 0 Å². The fourth-order valence-electron chi connectivity index (χ4n) is 3.95. The van der Waals surface area contributed by atoms with Gasteiger partial charge in [0.15, 0.2) is 5.11 Å². The summed E-state index contributed by atoms with van der Waals surface area (Å²) in [6.07, 6.45) is 5.03. The molecule has 0 unspecified atom stereocenters. The van der Waals surface area contributed by atoms with Gasteiger partial charge in [0.05, 0.1) is 17.8 Å². The van der Waals surface area contributed by atoms with Gasteiger partial charge in [0, 0.05) is 30.3 Å². The largest absolute Gasteiger partial charge is 0.352 e. The lowest BCUT2D eigenvalue weighted by Crippen LogP contribution is -2.31. The van der Waals surface area contributed by atoms with Crippen LogP contribution in [0.5, 0.6) is 0 Å². The number of nitrogens with one attached hydrogen (secondary N) is 1. The van der Waals surface area contributed by atoms with Crippen molar-refractivity contribution in [2.24, 2.45) is 0 Å². The fraction of sp³-hybridized carbons (Fsp3) is 0.304. The van der Waals surface area contributed by atoms with Gasteiger partial charge in [0.2, 0.25) is 0 Å². The molecule has 2 aromatic heterocycles.